The van der Waals surface area contributed by atoms with E-state index in [-0.39, 0.29) is 22.5 Å². The second kappa shape index (κ2) is 12.0. The number of carbonyl (C=O) groups is 2. The molecule has 1 aliphatic carbocycles. The standard InChI is InChI=1S/C32H34N2O7S/c1-19(2)29(32(36)39-4)34-42(37,38)25-16-12-23(13-17-25)22-10-14-24(15-11-22)33-31(35)30-20(3)28-26(40-18-21-8-9-21)6-5-7-27(28)41-30/h5-7,10-17,19,21,29,34H,8-9,18H2,1-4H3,(H,33,35). The molecule has 9 nitrogen and oxygen atoms in total. The van der Waals surface area contributed by atoms with E-state index < -0.39 is 22.0 Å². The van der Waals surface area contributed by atoms with Crippen molar-refractivity contribution in [2.24, 2.45) is 11.8 Å². The van der Waals surface area contributed by atoms with E-state index in [1.807, 2.05) is 37.3 Å². The Labute approximate surface area is 245 Å². The Kier molecular flexibility index (Phi) is 8.38. The van der Waals surface area contributed by atoms with Crippen molar-refractivity contribution in [2.45, 2.75) is 44.6 Å². The Balaban J connectivity index is 1.27. The van der Waals surface area contributed by atoms with Crippen LogP contribution in [0.25, 0.3) is 22.1 Å². The summed E-state index contributed by atoms with van der Waals surface area (Å²) in [5.41, 5.74) is 3.53. The largest absolute Gasteiger partial charge is 0.493 e. The third-order valence-corrected chi connectivity index (χ3v) is 8.79. The number of hydrogen-bond donors (Lipinski definition) is 2. The third-order valence-electron chi connectivity index (χ3n) is 7.34. The van der Waals surface area contributed by atoms with Gasteiger partial charge < -0.3 is 19.2 Å². The molecule has 0 radical (unpaired) electrons. The number of ether oxygens (including phenoxy) is 2. The number of amides is 1. The molecular formula is C32H34N2O7S. The molecule has 1 atom stereocenters. The minimum Gasteiger partial charge on any atom is -0.493 e. The van der Waals surface area contributed by atoms with E-state index in [1.165, 1.54) is 32.1 Å². The number of nitrogens with one attached hydrogen (secondary N) is 2. The first kappa shape index (κ1) is 29.3. The maximum Gasteiger partial charge on any atom is 0.324 e. The molecule has 3 aromatic carbocycles. The molecule has 1 aliphatic rings. The third kappa shape index (κ3) is 6.34. The number of aryl methyl sites for hydroxylation is 1. The topological polar surface area (TPSA) is 124 Å². The average Bonchev–Trinajstić information content (AvgIpc) is 3.75. The van der Waals surface area contributed by atoms with Crippen molar-refractivity contribution in [1.82, 2.24) is 4.72 Å². The molecule has 4 aromatic rings. The van der Waals surface area contributed by atoms with Gasteiger partial charge in [0.05, 0.1) is 24.0 Å². The highest BCUT2D eigenvalue weighted by Crippen LogP contribution is 2.36. The van der Waals surface area contributed by atoms with E-state index >= 15 is 0 Å². The molecule has 1 unspecified atom stereocenters. The normalized spacial score (nSPS) is 14.1. The molecule has 10 heteroatoms. The monoisotopic (exact) mass is 590 g/mol. The summed E-state index contributed by atoms with van der Waals surface area (Å²) in [6.45, 7) is 5.99. The molecule has 1 fully saturated rings. The lowest BCUT2D eigenvalue weighted by Gasteiger charge is -2.19. The smallest absolute Gasteiger partial charge is 0.324 e. The second-order valence-corrected chi connectivity index (χ2v) is 12.6. The van der Waals surface area contributed by atoms with E-state index in [9.17, 15) is 18.0 Å². The minimum absolute atomic E-state index is 0.0342. The first-order valence-electron chi connectivity index (χ1n) is 13.8. The van der Waals surface area contributed by atoms with Gasteiger partial charge in [0.2, 0.25) is 10.0 Å². The number of carbonyl (C=O) groups excluding carboxylic acids is 2. The van der Waals surface area contributed by atoms with Crippen LogP contribution in [0.15, 0.2) is 76.0 Å². The Morgan fingerprint density at radius 1 is 0.976 bits per heavy atom. The maximum absolute atomic E-state index is 13.1. The zero-order valence-corrected chi connectivity index (χ0v) is 24.8. The molecule has 2 N–H and O–H groups in total. The van der Waals surface area contributed by atoms with Crippen LogP contribution in [0.3, 0.4) is 0 Å². The van der Waals surface area contributed by atoms with Crippen LogP contribution in [-0.2, 0) is 19.6 Å². The molecule has 220 valence electrons. The lowest BCUT2D eigenvalue weighted by Crippen LogP contribution is -2.44. The van der Waals surface area contributed by atoms with Crippen molar-refractivity contribution in [2.75, 3.05) is 19.0 Å². The lowest BCUT2D eigenvalue weighted by atomic mass is 10.1. The van der Waals surface area contributed by atoms with Crippen molar-refractivity contribution < 1.29 is 31.9 Å². The lowest BCUT2D eigenvalue weighted by molar-refractivity contribution is -0.143. The predicted molar refractivity (Wildman–Crippen MR) is 160 cm³/mol. The van der Waals surface area contributed by atoms with Gasteiger partial charge in [-0.3, -0.25) is 9.59 Å². The fraction of sp³-hybridized carbons (Fsp3) is 0.312. The summed E-state index contributed by atoms with van der Waals surface area (Å²) < 4.78 is 44.8. The fourth-order valence-electron chi connectivity index (χ4n) is 4.67. The van der Waals surface area contributed by atoms with E-state index in [0.29, 0.717) is 23.8 Å². The second-order valence-electron chi connectivity index (χ2n) is 10.9. The van der Waals surface area contributed by atoms with Gasteiger partial charge in [0.1, 0.15) is 17.4 Å². The molecule has 0 bridgehead atoms. The Morgan fingerprint density at radius 2 is 1.62 bits per heavy atom. The van der Waals surface area contributed by atoms with E-state index in [1.54, 1.807) is 38.1 Å². The van der Waals surface area contributed by atoms with Gasteiger partial charge in [-0.05, 0) is 79.1 Å². The summed E-state index contributed by atoms with van der Waals surface area (Å²) in [7, 11) is -2.72. The zero-order valence-electron chi connectivity index (χ0n) is 24.0. The fourth-order valence-corrected chi connectivity index (χ4v) is 6.01. The van der Waals surface area contributed by atoms with Crippen LogP contribution in [0.4, 0.5) is 5.69 Å². The van der Waals surface area contributed by atoms with Crippen LogP contribution >= 0.6 is 0 Å². The SMILES string of the molecule is COC(=O)C(NS(=O)(=O)c1ccc(-c2ccc(NC(=O)c3oc4cccc(OCC5CC5)c4c3C)cc2)cc1)C(C)C. The van der Waals surface area contributed by atoms with Crippen LogP contribution in [0.1, 0.15) is 42.8 Å². The summed E-state index contributed by atoms with van der Waals surface area (Å²) in [4.78, 5) is 25.2. The zero-order chi connectivity index (χ0) is 30.0. The quantitative estimate of drug-likeness (QED) is 0.208. The predicted octanol–water partition coefficient (Wildman–Crippen LogP) is 5.93. The minimum atomic E-state index is -3.94. The van der Waals surface area contributed by atoms with Crippen LogP contribution in [-0.4, -0.2) is 40.1 Å². The van der Waals surface area contributed by atoms with Crippen molar-refractivity contribution in [3.05, 3.63) is 78.1 Å². The molecule has 1 aromatic heterocycles. The highest BCUT2D eigenvalue weighted by atomic mass is 32.2. The number of hydrogen-bond acceptors (Lipinski definition) is 7. The highest BCUT2D eigenvalue weighted by molar-refractivity contribution is 7.89. The average molecular weight is 591 g/mol. The van der Waals surface area contributed by atoms with E-state index in [4.69, 9.17) is 13.9 Å². The van der Waals surface area contributed by atoms with Crippen LogP contribution in [0.2, 0.25) is 0 Å². The van der Waals surface area contributed by atoms with Gasteiger partial charge in [-0.15, -0.1) is 0 Å². The Hall–Kier alpha value is -4.15. The number of methoxy groups -OCH3 is 1. The Bertz CT molecular complexity index is 1700. The number of sulfonamides is 1. The molecule has 1 amide bonds. The molecular weight excluding hydrogens is 556 g/mol. The number of rotatable bonds is 11. The number of fused-ring (bicyclic) bond motifs is 1. The van der Waals surface area contributed by atoms with Crippen LogP contribution in [0.5, 0.6) is 5.75 Å². The van der Waals surface area contributed by atoms with Gasteiger partial charge in [-0.2, -0.15) is 4.72 Å². The van der Waals surface area contributed by atoms with Crippen LogP contribution < -0.4 is 14.8 Å². The van der Waals surface area contributed by atoms with Crippen molar-refractivity contribution in [1.29, 1.82) is 0 Å². The van der Waals surface area contributed by atoms with Gasteiger partial charge in [0, 0.05) is 11.3 Å². The van der Waals surface area contributed by atoms with Crippen molar-refractivity contribution >= 4 is 38.6 Å². The molecule has 5 rings (SSSR count). The molecule has 0 spiro atoms. The molecule has 1 heterocycles. The molecule has 42 heavy (non-hydrogen) atoms. The van der Waals surface area contributed by atoms with Crippen molar-refractivity contribution in [3.8, 4) is 16.9 Å². The van der Waals surface area contributed by atoms with Gasteiger partial charge in [-0.25, -0.2) is 8.42 Å². The van der Waals surface area contributed by atoms with Gasteiger partial charge >= 0.3 is 5.97 Å². The first-order chi connectivity index (χ1) is 20.1. The van der Waals surface area contributed by atoms with E-state index in [2.05, 4.69) is 10.0 Å². The van der Waals surface area contributed by atoms with Gasteiger partial charge in [0.15, 0.2) is 5.76 Å². The molecule has 1 saturated carbocycles. The summed E-state index contributed by atoms with van der Waals surface area (Å²) in [6.07, 6.45) is 2.38. The first-order valence-corrected chi connectivity index (χ1v) is 15.3. The highest BCUT2D eigenvalue weighted by Gasteiger charge is 2.29. The summed E-state index contributed by atoms with van der Waals surface area (Å²) in [6, 6.07) is 18.1. The number of esters is 1. The molecule has 0 saturated heterocycles. The summed E-state index contributed by atoms with van der Waals surface area (Å²) in [5, 5.41) is 3.70. The van der Waals surface area contributed by atoms with Crippen LogP contribution in [0, 0.1) is 18.8 Å². The number of furan rings is 1. The van der Waals surface area contributed by atoms with E-state index in [0.717, 1.165) is 27.8 Å². The summed E-state index contributed by atoms with van der Waals surface area (Å²) >= 11 is 0. The van der Waals surface area contributed by atoms with Gasteiger partial charge in [0.25, 0.3) is 5.91 Å². The van der Waals surface area contributed by atoms with Crippen molar-refractivity contribution in [3.63, 3.8) is 0 Å². The Morgan fingerprint density at radius 3 is 2.21 bits per heavy atom. The number of anilines is 1. The summed E-state index contributed by atoms with van der Waals surface area (Å²) in [5.74, 6) is 0.269. The maximum atomic E-state index is 13.1. The van der Waals surface area contributed by atoms with Gasteiger partial charge in [-0.1, -0.05) is 44.2 Å². The number of benzene rings is 3. The molecule has 0 aliphatic heterocycles.